The van der Waals surface area contributed by atoms with Crippen molar-refractivity contribution in [1.29, 1.82) is 0 Å². The Labute approximate surface area is 114 Å². The first-order valence-electron chi connectivity index (χ1n) is 6.59. The van der Waals surface area contributed by atoms with Crippen LogP contribution in [0, 0.1) is 6.92 Å². The first kappa shape index (κ1) is 11.8. The molecule has 94 valence electrons. The number of benzene rings is 2. The number of allylic oxidation sites excluding steroid dienone is 2. The van der Waals surface area contributed by atoms with E-state index < -0.39 is 0 Å². The molecule has 1 heterocycles. The molecule has 1 heteroatoms. The highest BCUT2D eigenvalue weighted by Crippen LogP contribution is 2.25. The van der Waals surface area contributed by atoms with Gasteiger partial charge in [-0.15, -0.1) is 0 Å². The van der Waals surface area contributed by atoms with Crippen LogP contribution in [0.1, 0.15) is 22.7 Å². The molecule has 0 spiro atoms. The van der Waals surface area contributed by atoms with Crippen LogP contribution in [0.15, 0.2) is 72.9 Å². The second-order valence-electron chi connectivity index (χ2n) is 4.88. The molecule has 2 aromatic carbocycles. The molecule has 1 aliphatic heterocycles. The maximum Gasteiger partial charge on any atom is 0.0701 e. The monoisotopic (exact) mass is 247 g/mol. The topological polar surface area (TPSA) is 12.0 Å². The molecule has 0 radical (unpaired) electrons. The summed E-state index contributed by atoms with van der Waals surface area (Å²) >= 11 is 0. The summed E-state index contributed by atoms with van der Waals surface area (Å²) in [6.45, 7) is 2.11. The summed E-state index contributed by atoms with van der Waals surface area (Å²) in [5.74, 6) is 0. The Hall–Kier alpha value is -2.28. The average molecular weight is 247 g/mol. The fourth-order valence-electron chi connectivity index (χ4n) is 2.31. The molecule has 0 saturated carbocycles. The third-order valence-electron chi connectivity index (χ3n) is 3.43. The number of nitrogens with one attached hydrogen (secondary N) is 1. The van der Waals surface area contributed by atoms with Crippen molar-refractivity contribution in [3.05, 3.63) is 89.6 Å². The van der Waals surface area contributed by atoms with E-state index >= 15 is 0 Å². The first-order valence-corrected chi connectivity index (χ1v) is 6.59. The van der Waals surface area contributed by atoms with Gasteiger partial charge in [-0.1, -0.05) is 60.2 Å². The van der Waals surface area contributed by atoms with Crippen molar-refractivity contribution in [1.82, 2.24) is 5.32 Å². The summed E-state index contributed by atoms with van der Waals surface area (Å²) in [4.78, 5) is 0. The van der Waals surface area contributed by atoms with E-state index in [-0.39, 0.29) is 6.04 Å². The van der Waals surface area contributed by atoms with Gasteiger partial charge in [0.05, 0.1) is 6.04 Å². The van der Waals surface area contributed by atoms with Gasteiger partial charge in [0, 0.05) is 0 Å². The van der Waals surface area contributed by atoms with E-state index in [1.54, 1.807) is 0 Å². The van der Waals surface area contributed by atoms with Crippen molar-refractivity contribution in [2.75, 3.05) is 0 Å². The van der Waals surface area contributed by atoms with Crippen LogP contribution in [-0.2, 0) is 0 Å². The van der Waals surface area contributed by atoms with Crippen molar-refractivity contribution in [2.45, 2.75) is 13.0 Å². The molecule has 3 rings (SSSR count). The van der Waals surface area contributed by atoms with Crippen LogP contribution in [0.3, 0.4) is 0 Å². The summed E-state index contributed by atoms with van der Waals surface area (Å²) in [7, 11) is 0. The normalized spacial score (nSPS) is 17.7. The highest BCUT2D eigenvalue weighted by molar-refractivity contribution is 5.75. The lowest BCUT2D eigenvalue weighted by molar-refractivity contribution is 0.749. The zero-order valence-corrected chi connectivity index (χ0v) is 11.0. The number of hydrogen-bond acceptors (Lipinski definition) is 1. The molecule has 1 aliphatic rings. The maximum absolute atomic E-state index is 3.40. The fourth-order valence-corrected chi connectivity index (χ4v) is 2.31. The van der Waals surface area contributed by atoms with Crippen molar-refractivity contribution >= 4 is 5.57 Å². The zero-order valence-electron chi connectivity index (χ0n) is 11.0. The van der Waals surface area contributed by atoms with Crippen LogP contribution >= 0.6 is 0 Å². The van der Waals surface area contributed by atoms with Crippen LogP contribution in [0.25, 0.3) is 5.57 Å². The summed E-state index contributed by atoms with van der Waals surface area (Å²) in [5, 5.41) is 3.40. The van der Waals surface area contributed by atoms with Gasteiger partial charge in [-0.3, -0.25) is 0 Å². The van der Waals surface area contributed by atoms with E-state index in [1.165, 1.54) is 22.3 Å². The van der Waals surface area contributed by atoms with Crippen LogP contribution < -0.4 is 5.32 Å². The minimum absolute atomic E-state index is 0.251. The van der Waals surface area contributed by atoms with Crippen molar-refractivity contribution in [2.24, 2.45) is 0 Å². The smallest absolute Gasteiger partial charge is 0.0701 e. The minimum Gasteiger partial charge on any atom is -0.381 e. The zero-order chi connectivity index (χ0) is 13.1. The van der Waals surface area contributed by atoms with E-state index in [0.717, 1.165) is 0 Å². The van der Waals surface area contributed by atoms with Gasteiger partial charge in [-0.05, 0) is 42.0 Å². The van der Waals surface area contributed by atoms with E-state index in [1.807, 2.05) is 12.3 Å². The predicted octanol–water partition coefficient (Wildman–Crippen LogP) is 4.24. The molecule has 1 atom stereocenters. The molecule has 0 amide bonds. The van der Waals surface area contributed by atoms with E-state index in [0.29, 0.717) is 0 Å². The third-order valence-corrected chi connectivity index (χ3v) is 3.43. The summed E-state index contributed by atoms with van der Waals surface area (Å²) in [5.41, 5.74) is 5.12. The van der Waals surface area contributed by atoms with Crippen LogP contribution in [0.5, 0.6) is 0 Å². The van der Waals surface area contributed by atoms with Gasteiger partial charge in [-0.25, -0.2) is 0 Å². The van der Waals surface area contributed by atoms with Gasteiger partial charge in [0.15, 0.2) is 0 Å². The molecule has 0 fully saturated rings. The molecule has 1 nitrogen and oxygen atoms in total. The number of rotatable bonds is 2. The SMILES string of the molecule is Cc1ccc(C2C=C(c3ccccc3)C=CN2)cc1. The second kappa shape index (κ2) is 5.15. The molecule has 1 unspecified atom stereocenters. The van der Waals surface area contributed by atoms with Crippen molar-refractivity contribution < 1.29 is 0 Å². The molecule has 1 N–H and O–H groups in total. The van der Waals surface area contributed by atoms with Gasteiger partial charge in [0.2, 0.25) is 0 Å². The number of dihydropyridines is 1. The fraction of sp³-hybridized carbons (Fsp3) is 0.111. The molecule has 0 aliphatic carbocycles. The first-order chi connectivity index (χ1) is 9.33. The Balaban J connectivity index is 1.91. The van der Waals surface area contributed by atoms with Gasteiger partial charge < -0.3 is 5.32 Å². The Kier molecular flexibility index (Phi) is 3.20. The van der Waals surface area contributed by atoms with Crippen LogP contribution in [0.4, 0.5) is 0 Å². The molecular weight excluding hydrogens is 230 g/mol. The Morgan fingerprint density at radius 1 is 0.895 bits per heavy atom. The van der Waals surface area contributed by atoms with Gasteiger partial charge >= 0.3 is 0 Å². The van der Waals surface area contributed by atoms with Gasteiger partial charge in [0.1, 0.15) is 0 Å². The average Bonchev–Trinajstić information content (AvgIpc) is 2.49. The Morgan fingerprint density at radius 3 is 2.37 bits per heavy atom. The van der Waals surface area contributed by atoms with Crippen molar-refractivity contribution in [3.8, 4) is 0 Å². The molecule has 2 aromatic rings. The van der Waals surface area contributed by atoms with Gasteiger partial charge in [-0.2, -0.15) is 0 Å². The summed E-state index contributed by atoms with van der Waals surface area (Å²) in [6, 6.07) is 19.4. The molecular formula is C18H17N. The lowest BCUT2D eigenvalue weighted by atomic mass is 9.97. The van der Waals surface area contributed by atoms with E-state index in [9.17, 15) is 0 Å². The molecule has 19 heavy (non-hydrogen) atoms. The lowest BCUT2D eigenvalue weighted by Crippen LogP contribution is -2.16. The van der Waals surface area contributed by atoms with E-state index in [2.05, 4.69) is 72.9 Å². The molecule has 0 saturated heterocycles. The minimum atomic E-state index is 0.251. The highest BCUT2D eigenvalue weighted by atomic mass is 14.9. The maximum atomic E-state index is 3.40. The number of aryl methyl sites for hydroxylation is 1. The highest BCUT2D eigenvalue weighted by Gasteiger charge is 2.11. The lowest BCUT2D eigenvalue weighted by Gasteiger charge is -2.20. The largest absolute Gasteiger partial charge is 0.381 e. The summed E-state index contributed by atoms with van der Waals surface area (Å²) in [6.07, 6.45) is 6.44. The molecule has 0 aromatic heterocycles. The standard InChI is InChI=1S/C18H17N/c1-14-7-9-16(10-8-14)18-13-17(11-12-19-18)15-5-3-2-4-6-15/h2-13,18-19H,1H3. The van der Waals surface area contributed by atoms with Crippen LogP contribution in [-0.4, -0.2) is 0 Å². The molecule has 0 bridgehead atoms. The predicted molar refractivity (Wildman–Crippen MR) is 80.6 cm³/mol. The Bertz CT molecular complexity index is 606. The van der Waals surface area contributed by atoms with Crippen LogP contribution in [0.2, 0.25) is 0 Å². The Morgan fingerprint density at radius 2 is 1.63 bits per heavy atom. The third kappa shape index (κ3) is 2.60. The quantitative estimate of drug-likeness (QED) is 0.837. The van der Waals surface area contributed by atoms with Crippen molar-refractivity contribution in [3.63, 3.8) is 0 Å². The second-order valence-corrected chi connectivity index (χ2v) is 4.88. The number of hydrogen-bond donors (Lipinski definition) is 1. The van der Waals surface area contributed by atoms with Gasteiger partial charge in [0.25, 0.3) is 0 Å². The summed E-state index contributed by atoms with van der Waals surface area (Å²) < 4.78 is 0. The van der Waals surface area contributed by atoms with E-state index in [4.69, 9.17) is 0 Å².